The third-order valence-corrected chi connectivity index (χ3v) is 5.42. The molecule has 1 atom stereocenters. The first kappa shape index (κ1) is 18.2. The molecule has 2 aromatic carbocycles. The summed E-state index contributed by atoms with van der Waals surface area (Å²) in [5.41, 5.74) is 4.64. The summed E-state index contributed by atoms with van der Waals surface area (Å²) in [4.78, 5) is 0. The van der Waals surface area contributed by atoms with Crippen molar-refractivity contribution in [3.05, 3.63) is 65.2 Å². The topological polar surface area (TPSA) is 54.5 Å². The lowest BCUT2D eigenvalue weighted by atomic mass is 10.1. The van der Waals surface area contributed by atoms with Gasteiger partial charge in [0.25, 0.3) is 0 Å². The number of rotatable bonds is 6. The van der Waals surface area contributed by atoms with Crippen LogP contribution < -0.4 is 0 Å². The molecule has 0 aliphatic carbocycles. The van der Waals surface area contributed by atoms with Gasteiger partial charge in [-0.2, -0.15) is 5.26 Å². The molecule has 0 saturated heterocycles. The molecule has 0 aliphatic heterocycles. The van der Waals surface area contributed by atoms with Crippen molar-refractivity contribution in [2.75, 3.05) is 0 Å². The lowest BCUT2D eigenvalue weighted by Gasteiger charge is -2.11. The molecule has 0 radical (unpaired) electrons. The van der Waals surface area contributed by atoms with Gasteiger partial charge in [0.1, 0.15) is 5.25 Å². The molecule has 0 saturated carbocycles. The van der Waals surface area contributed by atoms with Crippen LogP contribution in [0.1, 0.15) is 23.6 Å². The van der Waals surface area contributed by atoms with E-state index < -0.39 is 0 Å². The number of aryl methyl sites for hydroxylation is 2. The summed E-state index contributed by atoms with van der Waals surface area (Å²) in [5, 5.41) is 19.0. The molecule has 0 amide bonds. The maximum absolute atomic E-state index is 9.61. The lowest BCUT2D eigenvalue weighted by Crippen LogP contribution is -2.07. The summed E-state index contributed by atoms with van der Waals surface area (Å²) < 4.78 is 2.09. The molecule has 0 aliphatic rings. The highest BCUT2D eigenvalue weighted by Crippen LogP contribution is 2.29. The molecule has 3 aromatic rings. The third kappa shape index (κ3) is 3.97. The minimum absolute atomic E-state index is 0.197. The van der Waals surface area contributed by atoms with Crippen LogP contribution in [0.3, 0.4) is 0 Å². The normalized spacial score (nSPS) is 11.9. The Bertz CT molecular complexity index is 922. The van der Waals surface area contributed by atoms with Gasteiger partial charge < -0.3 is 4.57 Å². The molecule has 4 nitrogen and oxygen atoms in total. The Morgan fingerprint density at radius 2 is 1.81 bits per heavy atom. The summed E-state index contributed by atoms with van der Waals surface area (Å²) in [6.45, 7) is 6.99. The Balaban J connectivity index is 1.84. The van der Waals surface area contributed by atoms with Crippen LogP contribution in [0.15, 0.2) is 53.7 Å². The molecule has 132 valence electrons. The van der Waals surface area contributed by atoms with E-state index in [9.17, 15) is 5.26 Å². The van der Waals surface area contributed by atoms with E-state index in [0.717, 1.165) is 28.7 Å². The van der Waals surface area contributed by atoms with Crippen LogP contribution in [0, 0.1) is 25.2 Å². The van der Waals surface area contributed by atoms with Crippen molar-refractivity contribution in [3.8, 4) is 17.5 Å². The summed E-state index contributed by atoms with van der Waals surface area (Å²) in [5.74, 6) is 0.861. The molecule has 0 N–H and O–H groups in total. The fraction of sp³-hybridized carbons (Fsp3) is 0.286. The molecular weight excluding hydrogens is 340 g/mol. The van der Waals surface area contributed by atoms with Gasteiger partial charge in [0, 0.05) is 12.1 Å². The first-order valence-electron chi connectivity index (χ1n) is 8.73. The van der Waals surface area contributed by atoms with Gasteiger partial charge in [-0.15, -0.1) is 10.2 Å². The van der Waals surface area contributed by atoms with Gasteiger partial charge in [-0.1, -0.05) is 65.9 Å². The second-order valence-corrected chi connectivity index (χ2v) is 7.46. The van der Waals surface area contributed by atoms with E-state index in [0.29, 0.717) is 6.42 Å². The van der Waals surface area contributed by atoms with Gasteiger partial charge in [0.05, 0.1) is 6.07 Å². The first-order valence-corrected chi connectivity index (χ1v) is 9.61. The first-order chi connectivity index (χ1) is 12.6. The number of hydrogen-bond acceptors (Lipinski definition) is 4. The predicted molar refractivity (Wildman–Crippen MR) is 106 cm³/mol. The maximum Gasteiger partial charge on any atom is 0.192 e. The van der Waals surface area contributed by atoms with E-state index in [1.54, 1.807) is 0 Å². The van der Waals surface area contributed by atoms with Gasteiger partial charge in [-0.3, -0.25) is 0 Å². The summed E-state index contributed by atoms with van der Waals surface area (Å²) in [6, 6.07) is 18.9. The number of thioether (sulfide) groups is 1. The van der Waals surface area contributed by atoms with E-state index in [-0.39, 0.29) is 5.25 Å². The Morgan fingerprint density at radius 1 is 1.08 bits per heavy atom. The average Bonchev–Trinajstić information content (AvgIpc) is 3.05. The van der Waals surface area contributed by atoms with Crippen LogP contribution in [0.5, 0.6) is 0 Å². The largest absolute Gasteiger partial charge is 0.302 e. The van der Waals surface area contributed by atoms with Crippen LogP contribution in [-0.4, -0.2) is 20.0 Å². The highest BCUT2D eigenvalue weighted by Gasteiger charge is 2.19. The van der Waals surface area contributed by atoms with Crippen LogP contribution in [-0.2, 0) is 13.0 Å². The molecular formula is C21H22N4S. The molecule has 5 heteroatoms. The van der Waals surface area contributed by atoms with Crippen LogP contribution >= 0.6 is 11.8 Å². The number of aromatic nitrogens is 3. The van der Waals surface area contributed by atoms with Crippen molar-refractivity contribution < 1.29 is 0 Å². The monoisotopic (exact) mass is 362 g/mol. The van der Waals surface area contributed by atoms with Crippen molar-refractivity contribution in [3.63, 3.8) is 0 Å². The third-order valence-electron chi connectivity index (χ3n) is 4.35. The Hall–Kier alpha value is -2.58. The summed E-state index contributed by atoms with van der Waals surface area (Å²) >= 11 is 1.49. The van der Waals surface area contributed by atoms with Crippen molar-refractivity contribution >= 4 is 11.8 Å². The molecule has 0 fully saturated rings. The maximum atomic E-state index is 9.61. The van der Waals surface area contributed by atoms with Crippen molar-refractivity contribution in [2.45, 2.75) is 44.1 Å². The molecule has 26 heavy (non-hydrogen) atoms. The minimum atomic E-state index is -0.197. The van der Waals surface area contributed by atoms with Gasteiger partial charge in [-0.25, -0.2) is 0 Å². The van der Waals surface area contributed by atoms with Gasteiger partial charge in [-0.05, 0) is 38.3 Å². The minimum Gasteiger partial charge on any atom is -0.302 e. The zero-order chi connectivity index (χ0) is 18.5. The fourth-order valence-electron chi connectivity index (χ4n) is 2.86. The molecule has 1 aromatic heterocycles. The number of nitrogens with zero attached hydrogens (tertiary/aromatic N) is 4. The standard InChI is InChI=1S/C21H22N4S/c1-4-25-20(19-8-6-5-7-16(19)3)23-24-21(25)26-18(14-22)13-17-11-9-15(2)10-12-17/h5-12,18H,4,13H2,1-3H3/t18-/m1/s1. The Labute approximate surface area is 158 Å². The second kappa shape index (κ2) is 8.20. The van der Waals surface area contributed by atoms with Crippen molar-refractivity contribution in [2.24, 2.45) is 0 Å². The molecule has 0 unspecified atom stereocenters. The summed E-state index contributed by atoms with van der Waals surface area (Å²) in [7, 11) is 0. The van der Waals surface area contributed by atoms with Crippen LogP contribution in [0.25, 0.3) is 11.4 Å². The van der Waals surface area contributed by atoms with E-state index in [1.165, 1.54) is 22.9 Å². The predicted octanol–water partition coefficient (Wildman–Crippen LogP) is 4.81. The second-order valence-electron chi connectivity index (χ2n) is 6.29. The quantitative estimate of drug-likeness (QED) is 0.591. The highest BCUT2D eigenvalue weighted by molar-refractivity contribution is 8.00. The van der Waals surface area contributed by atoms with Gasteiger partial charge in [0.15, 0.2) is 11.0 Å². The van der Waals surface area contributed by atoms with E-state index >= 15 is 0 Å². The van der Waals surface area contributed by atoms with Gasteiger partial charge in [0.2, 0.25) is 0 Å². The Kier molecular flexibility index (Phi) is 5.75. The van der Waals surface area contributed by atoms with Crippen LogP contribution in [0.2, 0.25) is 0 Å². The zero-order valence-corrected chi connectivity index (χ0v) is 16.1. The number of benzene rings is 2. The smallest absolute Gasteiger partial charge is 0.192 e. The molecule has 0 bridgehead atoms. The van der Waals surface area contributed by atoms with Crippen molar-refractivity contribution in [1.82, 2.24) is 14.8 Å². The highest BCUT2D eigenvalue weighted by atomic mass is 32.2. The number of nitriles is 1. The zero-order valence-electron chi connectivity index (χ0n) is 15.3. The molecule has 0 spiro atoms. The fourth-order valence-corrected chi connectivity index (χ4v) is 3.88. The molecule has 1 heterocycles. The SMILES string of the molecule is CCn1c(S[C@@H](C#N)Cc2ccc(C)cc2)nnc1-c1ccccc1C. The Morgan fingerprint density at radius 3 is 2.46 bits per heavy atom. The molecule has 3 rings (SSSR count). The average molecular weight is 363 g/mol. The van der Waals surface area contributed by atoms with Crippen molar-refractivity contribution in [1.29, 1.82) is 5.26 Å². The van der Waals surface area contributed by atoms with E-state index in [2.05, 4.69) is 78.0 Å². The number of hydrogen-bond donors (Lipinski definition) is 0. The van der Waals surface area contributed by atoms with E-state index in [1.807, 2.05) is 12.1 Å². The van der Waals surface area contributed by atoms with E-state index in [4.69, 9.17) is 0 Å². The van der Waals surface area contributed by atoms with Gasteiger partial charge >= 0.3 is 0 Å². The summed E-state index contributed by atoms with van der Waals surface area (Å²) in [6.07, 6.45) is 0.692. The van der Waals surface area contributed by atoms with Crippen LogP contribution in [0.4, 0.5) is 0 Å². The lowest BCUT2D eigenvalue weighted by molar-refractivity contribution is 0.686.